The second-order valence-corrected chi connectivity index (χ2v) is 5.56. The van der Waals surface area contributed by atoms with E-state index in [4.69, 9.17) is 5.11 Å². The van der Waals surface area contributed by atoms with Gasteiger partial charge in [0.05, 0.1) is 5.92 Å². The van der Waals surface area contributed by atoms with Crippen LogP contribution in [-0.2, 0) is 11.2 Å². The lowest BCUT2D eigenvalue weighted by Gasteiger charge is -2.16. The monoisotopic (exact) mass is 263 g/mol. The molecule has 1 aromatic carbocycles. The summed E-state index contributed by atoms with van der Waals surface area (Å²) in [5.41, 5.74) is 3.91. The van der Waals surface area contributed by atoms with Gasteiger partial charge in [-0.2, -0.15) is 0 Å². The van der Waals surface area contributed by atoms with Crippen LogP contribution in [0.3, 0.4) is 0 Å². The maximum Gasteiger partial charge on any atom is 0.308 e. The van der Waals surface area contributed by atoms with Crippen LogP contribution in [0.25, 0.3) is 0 Å². The Morgan fingerprint density at radius 3 is 2.47 bits per heavy atom. The van der Waals surface area contributed by atoms with E-state index in [9.17, 15) is 4.79 Å². The van der Waals surface area contributed by atoms with Gasteiger partial charge >= 0.3 is 5.97 Å². The summed E-state index contributed by atoms with van der Waals surface area (Å²) in [7, 11) is 0. The van der Waals surface area contributed by atoms with Crippen molar-refractivity contribution in [3.05, 3.63) is 34.9 Å². The zero-order valence-corrected chi connectivity index (χ0v) is 12.4. The van der Waals surface area contributed by atoms with Crippen molar-refractivity contribution in [2.45, 2.75) is 34.1 Å². The molecule has 0 fully saturated rings. The highest BCUT2D eigenvalue weighted by Gasteiger charge is 2.20. The minimum atomic E-state index is -0.714. The third kappa shape index (κ3) is 5.03. The Labute approximate surface area is 116 Å². The molecular formula is C16H25NO2. The molecule has 106 valence electrons. The first kappa shape index (κ1) is 15.7. The molecule has 1 rings (SSSR count). The molecule has 0 aliphatic carbocycles. The predicted molar refractivity (Wildman–Crippen MR) is 78.5 cm³/mol. The summed E-state index contributed by atoms with van der Waals surface area (Å²) in [6, 6.07) is 6.48. The van der Waals surface area contributed by atoms with E-state index in [1.165, 1.54) is 16.7 Å². The molecular weight excluding hydrogens is 238 g/mol. The van der Waals surface area contributed by atoms with Gasteiger partial charge in [-0.15, -0.1) is 0 Å². The van der Waals surface area contributed by atoms with Crippen molar-refractivity contribution in [1.29, 1.82) is 0 Å². The average Bonchev–Trinajstić information content (AvgIpc) is 2.32. The van der Waals surface area contributed by atoms with Crippen LogP contribution in [0.15, 0.2) is 18.2 Å². The number of benzene rings is 1. The molecule has 0 saturated heterocycles. The fourth-order valence-corrected chi connectivity index (χ4v) is 2.06. The van der Waals surface area contributed by atoms with Crippen molar-refractivity contribution in [2.75, 3.05) is 13.1 Å². The summed E-state index contributed by atoms with van der Waals surface area (Å²) < 4.78 is 0. The van der Waals surface area contributed by atoms with Crippen LogP contribution in [0.1, 0.15) is 30.5 Å². The van der Waals surface area contributed by atoms with Crippen molar-refractivity contribution in [2.24, 2.45) is 11.8 Å². The molecule has 3 nitrogen and oxygen atoms in total. The molecule has 1 atom stereocenters. The van der Waals surface area contributed by atoms with Crippen molar-refractivity contribution >= 4 is 5.97 Å². The maximum absolute atomic E-state index is 11.0. The SMILES string of the molecule is Cc1ccc(CCNCC(C(=O)O)C(C)C)cc1C. The van der Waals surface area contributed by atoms with Gasteiger partial charge in [0.15, 0.2) is 0 Å². The smallest absolute Gasteiger partial charge is 0.308 e. The van der Waals surface area contributed by atoms with E-state index in [0.29, 0.717) is 6.54 Å². The summed E-state index contributed by atoms with van der Waals surface area (Å²) in [4.78, 5) is 11.0. The second-order valence-electron chi connectivity index (χ2n) is 5.56. The minimum absolute atomic E-state index is 0.159. The Balaban J connectivity index is 2.38. The fourth-order valence-electron chi connectivity index (χ4n) is 2.06. The molecule has 1 aromatic rings. The Hall–Kier alpha value is -1.35. The van der Waals surface area contributed by atoms with E-state index in [1.807, 2.05) is 13.8 Å². The highest BCUT2D eigenvalue weighted by Crippen LogP contribution is 2.11. The molecule has 0 spiro atoms. The molecule has 19 heavy (non-hydrogen) atoms. The van der Waals surface area contributed by atoms with Crippen LogP contribution in [0, 0.1) is 25.7 Å². The Morgan fingerprint density at radius 1 is 1.26 bits per heavy atom. The van der Waals surface area contributed by atoms with Gasteiger partial charge in [-0.25, -0.2) is 0 Å². The molecule has 0 aliphatic heterocycles. The van der Waals surface area contributed by atoms with Gasteiger partial charge < -0.3 is 10.4 Å². The summed E-state index contributed by atoms with van der Waals surface area (Å²) >= 11 is 0. The van der Waals surface area contributed by atoms with Crippen LogP contribution < -0.4 is 5.32 Å². The third-order valence-corrected chi connectivity index (χ3v) is 3.65. The number of carbonyl (C=O) groups is 1. The molecule has 0 bridgehead atoms. The van der Waals surface area contributed by atoms with Gasteiger partial charge in [-0.1, -0.05) is 32.0 Å². The lowest BCUT2D eigenvalue weighted by Crippen LogP contribution is -2.33. The summed E-state index contributed by atoms with van der Waals surface area (Å²) in [6.45, 7) is 9.48. The number of aliphatic carboxylic acids is 1. The number of hydrogen-bond acceptors (Lipinski definition) is 2. The topological polar surface area (TPSA) is 49.3 Å². The van der Waals surface area contributed by atoms with Crippen molar-refractivity contribution in [3.8, 4) is 0 Å². The average molecular weight is 263 g/mol. The molecule has 0 heterocycles. The normalized spacial score (nSPS) is 12.7. The van der Waals surface area contributed by atoms with Crippen LogP contribution in [-0.4, -0.2) is 24.2 Å². The number of carboxylic acids is 1. The highest BCUT2D eigenvalue weighted by atomic mass is 16.4. The highest BCUT2D eigenvalue weighted by molar-refractivity contribution is 5.70. The summed E-state index contributed by atoms with van der Waals surface area (Å²) in [6.07, 6.45) is 0.936. The molecule has 0 saturated carbocycles. The van der Waals surface area contributed by atoms with Crippen LogP contribution in [0.5, 0.6) is 0 Å². The first-order valence-corrected chi connectivity index (χ1v) is 6.91. The van der Waals surface area contributed by atoms with Crippen LogP contribution in [0.2, 0.25) is 0 Å². The molecule has 0 radical (unpaired) electrons. The van der Waals surface area contributed by atoms with E-state index in [1.54, 1.807) is 0 Å². The van der Waals surface area contributed by atoms with E-state index in [0.717, 1.165) is 13.0 Å². The first-order chi connectivity index (χ1) is 8.91. The van der Waals surface area contributed by atoms with Crippen molar-refractivity contribution in [3.63, 3.8) is 0 Å². The van der Waals surface area contributed by atoms with Gasteiger partial charge in [-0.3, -0.25) is 4.79 Å². The largest absolute Gasteiger partial charge is 0.481 e. The first-order valence-electron chi connectivity index (χ1n) is 6.91. The molecule has 0 aromatic heterocycles. The molecule has 0 amide bonds. The van der Waals surface area contributed by atoms with Crippen LogP contribution in [0.4, 0.5) is 0 Å². The number of nitrogens with one attached hydrogen (secondary N) is 1. The number of hydrogen-bond donors (Lipinski definition) is 2. The van der Waals surface area contributed by atoms with E-state index in [2.05, 4.69) is 37.4 Å². The molecule has 1 unspecified atom stereocenters. The quantitative estimate of drug-likeness (QED) is 0.744. The lowest BCUT2D eigenvalue weighted by molar-refractivity contribution is -0.143. The molecule has 2 N–H and O–H groups in total. The number of rotatable bonds is 7. The Kier molecular flexibility index (Phi) is 6.03. The zero-order valence-electron chi connectivity index (χ0n) is 12.4. The van der Waals surface area contributed by atoms with E-state index >= 15 is 0 Å². The molecule has 0 aliphatic rings. The molecule has 3 heteroatoms. The summed E-state index contributed by atoms with van der Waals surface area (Å²) in [5, 5.41) is 12.3. The van der Waals surface area contributed by atoms with Crippen LogP contribution >= 0.6 is 0 Å². The van der Waals surface area contributed by atoms with Crippen molar-refractivity contribution in [1.82, 2.24) is 5.32 Å². The number of aryl methyl sites for hydroxylation is 2. The van der Waals surface area contributed by atoms with E-state index in [-0.39, 0.29) is 11.8 Å². The summed E-state index contributed by atoms with van der Waals surface area (Å²) in [5.74, 6) is -0.861. The van der Waals surface area contributed by atoms with Gasteiger partial charge in [0.2, 0.25) is 0 Å². The van der Waals surface area contributed by atoms with Crippen molar-refractivity contribution < 1.29 is 9.90 Å². The predicted octanol–water partition coefficient (Wildman–Crippen LogP) is 2.79. The Bertz CT molecular complexity index is 427. The minimum Gasteiger partial charge on any atom is -0.481 e. The third-order valence-electron chi connectivity index (χ3n) is 3.65. The Morgan fingerprint density at radius 2 is 1.95 bits per heavy atom. The lowest BCUT2D eigenvalue weighted by atomic mass is 9.96. The zero-order chi connectivity index (χ0) is 14.4. The van der Waals surface area contributed by atoms with Gasteiger partial charge in [-0.05, 0) is 49.4 Å². The second kappa shape index (κ2) is 7.29. The number of carboxylic acid groups (broad SMARTS) is 1. The fraction of sp³-hybridized carbons (Fsp3) is 0.562. The van der Waals surface area contributed by atoms with Gasteiger partial charge in [0.1, 0.15) is 0 Å². The maximum atomic E-state index is 11.0. The standard InChI is InChI=1S/C16H25NO2/c1-11(2)15(16(18)19)10-17-8-7-14-6-5-12(3)13(4)9-14/h5-6,9,11,15,17H,7-8,10H2,1-4H3,(H,18,19). The van der Waals surface area contributed by atoms with Gasteiger partial charge in [0.25, 0.3) is 0 Å². The van der Waals surface area contributed by atoms with E-state index < -0.39 is 5.97 Å². The van der Waals surface area contributed by atoms with Gasteiger partial charge in [0, 0.05) is 6.54 Å².